The topological polar surface area (TPSA) is 63.5 Å². The van der Waals surface area contributed by atoms with E-state index >= 15 is 0 Å². The number of hydroxylamine groups is 1. The highest BCUT2D eigenvalue weighted by Gasteiger charge is 2.17. The average Bonchev–Trinajstić information content (AvgIpc) is 2.87. The van der Waals surface area contributed by atoms with Crippen molar-refractivity contribution in [1.82, 2.24) is 10.8 Å². The zero-order valence-corrected chi connectivity index (χ0v) is 7.66. The molecule has 2 rings (SSSR count). The molecule has 1 amide bonds. The summed E-state index contributed by atoms with van der Waals surface area (Å²) in [6, 6.07) is 3.25. The van der Waals surface area contributed by atoms with Gasteiger partial charge >= 0.3 is 5.91 Å². The molecule has 0 radical (unpaired) electrons. The molecule has 1 fully saturated rings. The van der Waals surface area contributed by atoms with E-state index in [-0.39, 0.29) is 17.8 Å². The molecule has 5 nitrogen and oxygen atoms in total. The summed E-state index contributed by atoms with van der Waals surface area (Å²) in [7, 11) is 0. The van der Waals surface area contributed by atoms with E-state index in [0.29, 0.717) is 0 Å². The van der Waals surface area contributed by atoms with Crippen LogP contribution in [0.3, 0.4) is 0 Å². The Bertz CT molecular complexity index is 291. The molecule has 1 aromatic heterocycles. The molecule has 1 aliphatic heterocycles. The van der Waals surface area contributed by atoms with Gasteiger partial charge in [-0.25, -0.2) is 5.48 Å². The predicted molar refractivity (Wildman–Crippen MR) is 48.5 cm³/mol. The van der Waals surface area contributed by atoms with Crippen LogP contribution >= 0.6 is 0 Å². The van der Waals surface area contributed by atoms with E-state index in [2.05, 4.69) is 10.8 Å². The summed E-state index contributed by atoms with van der Waals surface area (Å²) in [5, 5.41) is 3.13. The van der Waals surface area contributed by atoms with Crippen LogP contribution in [0, 0.1) is 0 Å². The van der Waals surface area contributed by atoms with E-state index in [9.17, 15) is 4.79 Å². The van der Waals surface area contributed by atoms with Crippen LogP contribution in [-0.2, 0) is 4.84 Å². The summed E-state index contributed by atoms with van der Waals surface area (Å²) in [4.78, 5) is 16.5. The fourth-order valence-corrected chi connectivity index (χ4v) is 1.32. The second-order valence-corrected chi connectivity index (χ2v) is 3.14. The number of nitrogens with one attached hydrogen (secondary N) is 2. The van der Waals surface area contributed by atoms with Crippen molar-refractivity contribution in [1.29, 1.82) is 0 Å². The van der Waals surface area contributed by atoms with Gasteiger partial charge in [0.15, 0.2) is 5.76 Å². The number of rotatable bonds is 3. The molecule has 1 aromatic rings. The molecule has 2 N–H and O–H groups in total. The molecular weight excluding hydrogens is 184 g/mol. The zero-order valence-electron chi connectivity index (χ0n) is 7.66. The van der Waals surface area contributed by atoms with Crippen LogP contribution in [0.4, 0.5) is 0 Å². The predicted octanol–water partition coefficient (Wildman–Crippen LogP) is 0.303. The monoisotopic (exact) mass is 196 g/mol. The number of amides is 1. The maximum Gasteiger partial charge on any atom is 0.310 e. The smallest absolute Gasteiger partial charge is 0.310 e. The largest absolute Gasteiger partial charge is 0.459 e. The van der Waals surface area contributed by atoms with Gasteiger partial charge in [-0.1, -0.05) is 0 Å². The summed E-state index contributed by atoms with van der Waals surface area (Å²) in [6.07, 6.45) is 2.43. The summed E-state index contributed by atoms with van der Waals surface area (Å²) in [5.74, 6) is -0.0853. The van der Waals surface area contributed by atoms with Crippen LogP contribution in [0.15, 0.2) is 22.8 Å². The molecule has 2 heterocycles. The van der Waals surface area contributed by atoms with Gasteiger partial charge in [-0.05, 0) is 25.1 Å². The van der Waals surface area contributed by atoms with Gasteiger partial charge in [0.1, 0.15) is 0 Å². The summed E-state index contributed by atoms with van der Waals surface area (Å²) in [5.41, 5.74) is 2.35. The number of carbonyl (C=O) groups is 1. The van der Waals surface area contributed by atoms with Gasteiger partial charge < -0.3 is 9.73 Å². The van der Waals surface area contributed by atoms with Crippen LogP contribution in [-0.4, -0.2) is 25.1 Å². The lowest BCUT2D eigenvalue weighted by Gasteiger charge is -2.09. The summed E-state index contributed by atoms with van der Waals surface area (Å²) >= 11 is 0. The average molecular weight is 196 g/mol. The molecule has 0 aliphatic carbocycles. The third kappa shape index (κ3) is 2.12. The molecule has 5 heteroatoms. The van der Waals surface area contributed by atoms with Crippen molar-refractivity contribution in [3.8, 4) is 0 Å². The Kier molecular flexibility index (Phi) is 2.81. The maximum absolute atomic E-state index is 11.3. The third-order valence-corrected chi connectivity index (χ3v) is 2.08. The lowest BCUT2D eigenvalue weighted by Crippen LogP contribution is -2.30. The van der Waals surface area contributed by atoms with Crippen molar-refractivity contribution in [2.75, 3.05) is 13.1 Å². The van der Waals surface area contributed by atoms with E-state index in [4.69, 9.17) is 9.25 Å². The SMILES string of the molecule is O=C(NOC1CCNC1)c1ccco1. The Hall–Kier alpha value is -1.33. The fraction of sp³-hybridized carbons (Fsp3) is 0.444. The third-order valence-electron chi connectivity index (χ3n) is 2.08. The standard InChI is InChI=1S/C9H12N2O3/c12-9(8-2-1-5-13-8)11-14-7-3-4-10-6-7/h1-2,5,7,10H,3-4,6H2,(H,11,12). The molecule has 1 saturated heterocycles. The zero-order chi connectivity index (χ0) is 9.80. The minimum atomic E-state index is -0.345. The maximum atomic E-state index is 11.3. The molecule has 0 spiro atoms. The molecule has 76 valence electrons. The first-order valence-electron chi connectivity index (χ1n) is 4.56. The van der Waals surface area contributed by atoms with Crippen molar-refractivity contribution < 1.29 is 14.0 Å². The Morgan fingerprint density at radius 3 is 3.29 bits per heavy atom. The number of furan rings is 1. The van der Waals surface area contributed by atoms with Crippen LogP contribution in [0.5, 0.6) is 0 Å². The molecular formula is C9H12N2O3. The van der Waals surface area contributed by atoms with Crippen LogP contribution in [0.25, 0.3) is 0 Å². The molecule has 1 atom stereocenters. The number of hydrogen-bond acceptors (Lipinski definition) is 4. The highest BCUT2D eigenvalue weighted by Crippen LogP contribution is 2.03. The highest BCUT2D eigenvalue weighted by molar-refractivity contribution is 5.90. The molecule has 1 aliphatic rings. The van der Waals surface area contributed by atoms with Crippen molar-refractivity contribution in [2.45, 2.75) is 12.5 Å². The number of carbonyl (C=O) groups excluding carboxylic acids is 1. The second kappa shape index (κ2) is 4.26. The van der Waals surface area contributed by atoms with Gasteiger partial charge in [0.2, 0.25) is 0 Å². The molecule has 0 bridgehead atoms. The minimum absolute atomic E-state index is 0.0638. The molecule has 14 heavy (non-hydrogen) atoms. The first-order valence-corrected chi connectivity index (χ1v) is 4.56. The van der Waals surface area contributed by atoms with Gasteiger partial charge in [0, 0.05) is 6.54 Å². The van der Waals surface area contributed by atoms with Crippen molar-refractivity contribution in [2.24, 2.45) is 0 Å². The Morgan fingerprint density at radius 2 is 2.64 bits per heavy atom. The van der Waals surface area contributed by atoms with Crippen molar-refractivity contribution >= 4 is 5.91 Å². The van der Waals surface area contributed by atoms with Gasteiger partial charge in [-0.15, -0.1) is 0 Å². The summed E-state index contributed by atoms with van der Waals surface area (Å²) < 4.78 is 4.90. The van der Waals surface area contributed by atoms with Gasteiger partial charge in [0.05, 0.1) is 12.4 Å². The first kappa shape index (κ1) is 9.23. The van der Waals surface area contributed by atoms with Gasteiger partial charge in [-0.2, -0.15) is 0 Å². The van der Waals surface area contributed by atoms with E-state index in [1.54, 1.807) is 12.1 Å². The second-order valence-electron chi connectivity index (χ2n) is 3.14. The summed E-state index contributed by atoms with van der Waals surface area (Å²) in [6.45, 7) is 1.71. The normalized spacial score (nSPS) is 21.0. The van der Waals surface area contributed by atoms with Crippen molar-refractivity contribution in [3.63, 3.8) is 0 Å². The van der Waals surface area contributed by atoms with E-state index in [0.717, 1.165) is 19.5 Å². The molecule has 0 saturated carbocycles. The van der Waals surface area contributed by atoms with Gasteiger partial charge in [-0.3, -0.25) is 9.63 Å². The van der Waals surface area contributed by atoms with E-state index in [1.165, 1.54) is 6.26 Å². The lowest BCUT2D eigenvalue weighted by atomic mass is 10.3. The quantitative estimate of drug-likeness (QED) is 0.682. The van der Waals surface area contributed by atoms with Crippen molar-refractivity contribution in [3.05, 3.63) is 24.2 Å². The van der Waals surface area contributed by atoms with E-state index in [1.807, 2.05) is 0 Å². The minimum Gasteiger partial charge on any atom is -0.459 e. The van der Waals surface area contributed by atoms with Crippen LogP contribution in [0.1, 0.15) is 17.0 Å². The van der Waals surface area contributed by atoms with Crippen LogP contribution < -0.4 is 10.8 Å². The van der Waals surface area contributed by atoms with Crippen LogP contribution in [0.2, 0.25) is 0 Å². The fourth-order valence-electron chi connectivity index (χ4n) is 1.32. The Balaban J connectivity index is 1.78. The van der Waals surface area contributed by atoms with Gasteiger partial charge in [0.25, 0.3) is 0 Å². The molecule has 0 aromatic carbocycles. The Labute approximate surface area is 81.4 Å². The number of hydrogen-bond donors (Lipinski definition) is 2. The Morgan fingerprint density at radius 1 is 1.71 bits per heavy atom. The lowest BCUT2D eigenvalue weighted by molar-refractivity contribution is -0.00830. The first-order chi connectivity index (χ1) is 6.86. The molecule has 1 unspecified atom stereocenters. The van der Waals surface area contributed by atoms with E-state index < -0.39 is 0 Å². The highest BCUT2D eigenvalue weighted by atomic mass is 16.7.